The molecule has 0 heterocycles. The van der Waals surface area contributed by atoms with Gasteiger partial charge in [0.15, 0.2) is 0 Å². The number of carbonyl (C=O) groups is 2. The van der Waals surface area contributed by atoms with Crippen LogP contribution in [-0.2, 0) is 32.6 Å². The molecule has 4 aromatic rings. The third-order valence-electron chi connectivity index (χ3n) is 8.24. The number of hydrogen-bond acceptors (Lipinski definition) is 5. The molecule has 0 aromatic heterocycles. The van der Waals surface area contributed by atoms with Gasteiger partial charge in [0, 0.05) is 24.6 Å². The smallest absolute Gasteiger partial charge is 0.264 e. The number of sulfonamides is 1. The van der Waals surface area contributed by atoms with Gasteiger partial charge in [0.25, 0.3) is 10.0 Å². The number of hydrogen-bond donors (Lipinski definition) is 1. The van der Waals surface area contributed by atoms with Crippen molar-refractivity contribution in [3.63, 3.8) is 0 Å². The SMILES string of the molecule is COc1ccc(S(=O)(=O)N(CC(=O)N(Cc2ccccc2F)C(Cc2ccccc2)C(=O)NC2CCCC2)c2ccccc2)cc1. The Morgan fingerprint density at radius 2 is 1.48 bits per heavy atom. The topological polar surface area (TPSA) is 96.0 Å². The maximum atomic E-state index is 15.1. The molecule has 46 heavy (non-hydrogen) atoms. The number of nitrogens with zero attached hydrogens (tertiary/aromatic N) is 2. The summed E-state index contributed by atoms with van der Waals surface area (Å²) in [7, 11) is -2.77. The van der Waals surface area contributed by atoms with Crippen molar-refractivity contribution in [2.45, 2.75) is 55.6 Å². The zero-order chi connectivity index (χ0) is 32.5. The molecule has 0 bridgehead atoms. The number of para-hydroxylation sites is 1. The average Bonchev–Trinajstić information content (AvgIpc) is 3.59. The lowest BCUT2D eigenvalue weighted by Gasteiger charge is -2.34. The van der Waals surface area contributed by atoms with E-state index in [1.165, 1.54) is 42.3 Å². The number of benzene rings is 4. The van der Waals surface area contributed by atoms with Crippen LogP contribution < -0.4 is 14.4 Å². The fourth-order valence-electron chi connectivity index (χ4n) is 5.73. The van der Waals surface area contributed by atoms with Crippen LogP contribution in [0.4, 0.5) is 10.1 Å². The normalized spacial score (nSPS) is 14.0. The number of ether oxygens (including phenoxy) is 1. The minimum Gasteiger partial charge on any atom is -0.497 e. The molecule has 1 aliphatic rings. The summed E-state index contributed by atoms with van der Waals surface area (Å²) in [5, 5.41) is 3.12. The number of rotatable bonds is 13. The molecule has 1 aliphatic carbocycles. The Morgan fingerprint density at radius 1 is 0.870 bits per heavy atom. The Labute approximate surface area is 269 Å². The highest BCUT2D eigenvalue weighted by Gasteiger charge is 2.36. The van der Waals surface area contributed by atoms with E-state index in [0.717, 1.165) is 35.6 Å². The lowest BCUT2D eigenvalue weighted by molar-refractivity contribution is -0.140. The lowest BCUT2D eigenvalue weighted by atomic mass is 10.0. The molecule has 1 atom stereocenters. The van der Waals surface area contributed by atoms with Gasteiger partial charge in [-0.3, -0.25) is 13.9 Å². The summed E-state index contributed by atoms with van der Waals surface area (Å²) in [4.78, 5) is 29.8. The molecule has 4 aromatic carbocycles. The van der Waals surface area contributed by atoms with Gasteiger partial charge in [0.2, 0.25) is 11.8 Å². The quantitative estimate of drug-likeness (QED) is 0.201. The predicted octanol–water partition coefficient (Wildman–Crippen LogP) is 5.73. The summed E-state index contributed by atoms with van der Waals surface area (Å²) in [6.45, 7) is -0.846. The van der Waals surface area contributed by atoms with Crippen LogP contribution in [0, 0.1) is 5.82 Å². The van der Waals surface area contributed by atoms with E-state index < -0.39 is 34.3 Å². The minimum atomic E-state index is -4.26. The molecule has 1 unspecified atom stereocenters. The maximum absolute atomic E-state index is 15.1. The summed E-state index contributed by atoms with van der Waals surface area (Å²) in [5.74, 6) is -1.05. The van der Waals surface area contributed by atoms with E-state index in [1.54, 1.807) is 48.5 Å². The molecule has 0 saturated heterocycles. The largest absolute Gasteiger partial charge is 0.497 e. The highest BCUT2D eigenvalue weighted by atomic mass is 32.2. The van der Waals surface area contributed by atoms with Crippen LogP contribution in [0.2, 0.25) is 0 Å². The van der Waals surface area contributed by atoms with Crippen molar-refractivity contribution in [1.29, 1.82) is 0 Å². The molecule has 8 nitrogen and oxygen atoms in total. The Bertz CT molecular complexity index is 1710. The van der Waals surface area contributed by atoms with Crippen molar-refractivity contribution < 1.29 is 27.1 Å². The zero-order valence-corrected chi connectivity index (χ0v) is 26.5. The van der Waals surface area contributed by atoms with E-state index >= 15 is 4.39 Å². The van der Waals surface area contributed by atoms with Gasteiger partial charge in [-0.25, -0.2) is 12.8 Å². The number of halogens is 1. The molecule has 0 spiro atoms. The molecule has 10 heteroatoms. The number of methoxy groups -OCH3 is 1. The third kappa shape index (κ3) is 7.92. The molecule has 240 valence electrons. The Morgan fingerprint density at radius 3 is 2.11 bits per heavy atom. The van der Waals surface area contributed by atoms with Crippen molar-refractivity contribution in [1.82, 2.24) is 10.2 Å². The van der Waals surface area contributed by atoms with Gasteiger partial charge < -0.3 is 15.0 Å². The van der Waals surface area contributed by atoms with E-state index in [4.69, 9.17) is 4.74 Å². The summed E-state index contributed by atoms with van der Waals surface area (Å²) >= 11 is 0. The van der Waals surface area contributed by atoms with Crippen molar-refractivity contribution in [3.05, 3.63) is 126 Å². The van der Waals surface area contributed by atoms with Crippen molar-refractivity contribution >= 4 is 27.5 Å². The number of carbonyl (C=O) groups excluding carboxylic acids is 2. The second kappa shape index (κ2) is 15.1. The van der Waals surface area contributed by atoms with Gasteiger partial charge in [0.05, 0.1) is 17.7 Å². The summed E-state index contributed by atoms with van der Waals surface area (Å²) in [5.41, 5.74) is 1.30. The van der Waals surface area contributed by atoms with Gasteiger partial charge in [-0.05, 0) is 60.9 Å². The van der Waals surface area contributed by atoms with Crippen LogP contribution in [0.25, 0.3) is 0 Å². The fourth-order valence-corrected chi connectivity index (χ4v) is 7.14. The maximum Gasteiger partial charge on any atom is 0.264 e. The molecular weight excluding hydrogens is 605 g/mol. The van der Waals surface area contributed by atoms with Gasteiger partial charge in [-0.2, -0.15) is 0 Å². The lowest BCUT2D eigenvalue weighted by Crippen LogP contribution is -2.54. The van der Waals surface area contributed by atoms with E-state index in [0.29, 0.717) is 5.75 Å². The molecule has 5 rings (SSSR count). The molecule has 0 aliphatic heterocycles. The molecule has 2 amide bonds. The number of amides is 2. The first-order valence-electron chi connectivity index (χ1n) is 15.4. The van der Waals surface area contributed by atoms with Crippen LogP contribution in [-0.4, -0.2) is 50.9 Å². The van der Waals surface area contributed by atoms with E-state index in [2.05, 4.69) is 5.32 Å². The molecule has 1 fully saturated rings. The first kappa shape index (κ1) is 32.7. The predicted molar refractivity (Wildman–Crippen MR) is 175 cm³/mol. The van der Waals surface area contributed by atoms with Gasteiger partial charge >= 0.3 is 0 Å². The highest BCUT2D eigenvalue weighted by Crippen LogP contribution is 2.27. The van der Waals surface area contributed by atoms with Crippen LogP contribution in [0.1, 0.15) is 36.8 Å². The van der Waals surface area contributed by atoms with Gasteiger partial charge in [-0.15, -0.1) is 0 Å². The first-order chi connectivity index (χ1) is 22.3. The van der Waals surface area contributed by atoms with Crippen LogP contribution in [0.5, 0.6) is 5.75 Å². The number of anilines is 1. The molecule has 0 radical (unpaired) electrons. The molecular formula is C36H38FN3O5S. The number of nitrogens with one attached hydrogen (secondary N) is 1. The van der Waals surface area contributed by atoms with Crippen molar-refractivity contribution in [3.8, 4) is 5.75 Å². The summed E-state index contributed by atoms with van der Waals surface area (Å²) in [6, 6.07) is 28.5. The van der Waals surface area contributed by atoms with Crippen molar-refractivity contribution in [2.24, 2.45) is 0 Å². The minimum absolute atomic E-state index is 0.0209. The Balaban J connectivity index is 1.55. The zero-order valence-electron chi connectivity index (χ0n) is 25.7. The van der Waals surface area contributed by atoms with Crippen molar-refractivity contribution in [2.75, 3.05) is 18.0 Å². The first-order valence-corrected chi connectivity index (χ1v) is 16.8. The highest BCUT2D eigenvalue weighted by molar-refractivity contribution is 7.92. The van der Waals surface area contributed by atoms with E-state index in [9.17, 15) is 18.0 Å². The van der Waals surface area contributed by atoms with Gasteiger partial charge in [-0.1, -0.05) is 79.6 Å². The van der Waals surface area contributed by atoms with Crippen LogP contribution >= 0.6 is 0 Å². The Kier molecular flexibility index (Phi) is 10.7. The Hall–Kier alpha value is -4.70. The third-order valence-corrected chi connectivity index (χ3v) is 10.0. The standard InChI is InChI=1S/C36H38FN3O5S/c1-45-31-20-22-32(23-21-31)46(43,44)40(30-17-6-3-7-18-30)26-35(41)39(25-28-14-8-11-19-33(28)37)34(24-27-12-4-2-5-13-27)36(42)38-29-15-9-10-16-29/h2-8,11-14,17-23,29,34H,9-10,15-16,24-26H2,1H3,(H,38,42). The summed E-state index contributed by atoms with van der Waals surface area (Å²) < 4.78 is 49.5. The monoisotopic (exact) mass is 643 g/mol. The second-order valence-corrected chi connectivity index (χ2v) is 13.2. The second-order valence-electron chi connectivity index (χ2n) is 11.3. The fraction of sp³-hybridized carbons (Fsp3) is 0.278. The van der Waals surface area contributed by atoms with E-state index in [-0.39, 0.29) is 41.1 Å². The molecule has 1 saturated carbocycles. The summed E-state index contributed by atoms with van der Waals surface area (Å²) in [6.07, 6.45) is 3.85. The average molecular weight is 644 g/mol. The molecule has 1 N–H and O–H groups in total. The van der Waals surface area contributed by atoms with Crippen LogP contribution in [0.3, 0.4) is 0 Å². The van der Waals surface area contributed by atoms with Crippen LogP contribution in [0.15, 0.2) is 114 Å². The van der Waals surface area contributed by atoms with E-state index in [1.807, 2.05) is 30.3 Å². The van der Waals surface area contributed by atoms with Gasteiger partial charge in [0.1, 0.15) is 24.2 Å².